The molecule has 1 heterocycles. The van der Waals surface area contributed by atoms with Crippen LogP contribution in [-0.4, -0.2) is 37.2 Å². The Kier molecular flexibility index (Phi) is 12.4. The van der Waals surface area contributed by atoms with Gasteiger partial charge in [0, 0.05) is 0 Å². The van der Waals surface area contributed by atoms with Crippen molar-refractivity contribution in [3.05, 3.63) is 106 Å². The topological polar surface area (TPSA) is 9.72 Å². The van der Waals surface area contributed by atoms with E-state index >= 15 is 0 Å². The molecular weight excluding hydrogens is 799 g/mol. The Bertz CT molecular complexity index is 1780. The molecule has 0 atom stereocenters. The van der Waals surface area contributed by atoms with Crippen molar-refractivity contribution in [2.75, 3.05) is 23.7 Å². The van der Waals surface area contributed by atoms with E-state index in [0.717, 1.165) is 0 Å². The maximum atomic E-state index is 2.52. The van der Waals surface area contributed by atoms with Gasteiger partial charge in [0.15, 0.2) is 0 Å². The molecule has 0 spiro atoms. The summed E-state index contributed by atoms with van der Waals surface area (Å²) >= 11 is 2.52. The van der Waals surface area contributed by atoms with Crippen LogP contribution in [0, 0.1) is 0 Å². The normalized spacial score (nSPS) is 13.9. The molecule has 271 valence electrons. The summed E-state index contributed by atoms with van der Waals surface area (Å²) in [6, 6.07) is 28.4. The first kappa shape index (κ1) is 39.3. The number of hydrogen-bond acceptors (Lipinski definition) is 3. The summed E-state index contributed by atoms with van der Waals surface area (Å²) in [6.07, 6.45) is 0. The second-order valence-corrected chi connectivity index (χ2v) is 17.7. The summed E-state index contributed by atoms with van der Waals surface area (Å²) in [5, 5.41) is 0. The van der Waals surface area contributed by atoms with Crippen molar-refractivity contribution < 1.29 is 19.4 Å². The number of rotatable bonds is 11. The van der Waals surface area contributed by atoms with Gasteiger partial charge in [0.1, 0.15) is 0 Å². The van der Waals surface area contributed by atoms with Crippen molar-refractivity contribution in [1.29, 1.82) is 0 Å². The van der Waals surface area contributed by atoms with E-state index in [0.29, 0.717) is 35.5 Å². The van der Waals surface area contributed by atoms with Crippen LogP contribution in [0.5, 0.6) is 0 Å². The molecule has 0 aliphatic carbocycles. The van der Waals surface area contributed by atoms with Gasteiger partial charge in [0.2, 0.25) is 0 Å². The van der Waals surface area contributed by atoms with Gasteiger partial charge < -0.3 is 0 Å². The number of anilines is 2. The van der Waals surface area contributed by atoms with Crippen LogP contribution in [-0.2, 0) is 19.4 Å². The molecule has 0 saturated carbocycles. The molecule has 4 aromatic rings. The Morgan fingerprint density at radius 2 is 0.843 bits per heavy atom. The average Bonchev–Trinajstić information content (AvgIpc) is 3.44. The molecule has 1 aliphatic rings. The fraction of sp³-hybridized carbons (Fsp3) is 0.444. The monoisotopic (exact) mass is 859 g/mol. The fourth-order valence-corrected chi connectivity index (χ4v) is 8.49. The van der Waals surface area contributed by atoms with Crippen LogP contribution >= 0.6 is 0 Å². The van der Waals surface area contributed by atoms with Crippen molar-refractivity contribution in [3.8, 4) is 22.3 Å². The molecule has 0 bridgehead atoms. The third-order valence-corrected chi connectivity index (χ3v) is 11.7. The van der Waals surface area contributed by atoms with E-state index in [4.69, 9.17) is 0 Å². The van der Waals surface area contributed by atoms with Gasteiger partial charge in [-0.3, -0.25) is 0 Å². The zero-order valence-corrected chi connectivity index (χ0v) is 36.0. The molecule has 1 aliphatic heterocycles. The third-order valence-electron chi connectivity index (χ3n) is 10.6. The molecular formula is C45H60B2N3Pt. The van der Waals surface area contributed by atoms with Gasteiger partial charge >= 0.3 is 325 Å². The average molecular weight is 860 g/mol. The van der Waals surface area contributed by atoms with Gasteiger partial charge in [-0.2, -0.15) is 0 Å². The molecule has 0 amide bonds. The standard InChI is InChI=1S/C45H60B2N3.Pt/c1-28(2)36-23-40(30(5)6)44(41(24-36)31(7)8)34-15-19-38(20-16-34)49-27-50(47(46-49)48(13)14)39-21-17-35(18-22-39)45-42(32(9)10)25-37(29(3)4)26-43(45)33(11)12;/h15-26,28-33H,1-14H3;. The Hall–Kier alpha value is -2.87. The van der Waals surface area contributed by atoms with Gasteiger partial charge in [0.05, 0.1) is 0 Å². The summed E-state index contributed by atoms with van der Waals surface area (Å²) in [6.45, 7) is 27.9. The van der Waals surface area contributed by atoms with Crippen LogP contribution in [0.1, 0.15) is 152 Å². The second kappa shape index (κ2) is 16.0. The minimum absolute atomic E-state index is 0.0921. The van der Waals surface area contributed by atoms with E-state index in [2.05, 4.69) is 211 Å². The first-order valence-corrected chi connectivity index (χ1v) is 20.3. The Labute approximate surface area is 323 Å². The molecule has 0 N–H and O–H groups in total. The number of hydrogen-bond donors (Lipinski definition) is 0. The Morgan fingerprint density at radius 1 is 0.510 bits per heavy atom. The van der Waals surface area contributed by atoms with E-state index in [1.807, 2.05) is 0 Å². The van der Waals surface area contributed by atoms with Crippen LogP contribution in [0.3, 0.4) is 0 Å². The van der Waals surface area contributed by atoms with Gasteiger partial charge in [-0.15, -0.1) is 0 Å². The Balaban J connectivity index is 1.50. The minimum atomic E-state index is 0.0921. The van der Waals surface area contributed by atoms with Crippen molar-refractivity contribution in [2.24, 2.45) is 0 Å². The van der Waals surface area contributed by atoms with Crippen molar-refractivity contribution in [2.45, 2.75) is 119 Å². The molecule has 1 saturated heterocycles. The molecule has 4 aromatic carbocycles. The van der Waals surface area contributed by atoms with E-state index in [9.17, 15) is 0 Å². The quantitative estimate of drug-likeness (QED) is 0.139. The molecule has 1 fully saturated rings. The predicted octanol–water partition coefficient (Wildman–Crippen LogP) is 11.9. The van der Waals surface area contributed by atoms with Crippen LogP contribution in [0.2, 0.25) is 0 Å². The maximum absolute atomic E-state index is 2.52. The van der Waals surface area contributed by atoms with Crippen molar-refractivity contribution in [3.63, 3.8) is 0 Å². The summed E-state index contributed by atoms with van der Waals surface area (Å²) in [5.41, 5.74) is 16.5. The first-order valence-electron chi connectivity index (χ1n) is 19.2. The van der Waals surface area contributed by atoms with Gasteiger partial charge in [-0.1, -0.05) is 0 Å². The van der Waals surface area contributed by atoms with Crippen LogP contribution < -0.4 is 9.62 Å². The second-order valence-electron chi connectivity index (χ2n) is 16.7. The van der Waals surface area contributed by atoms with Gasteiger partial charge in [0.25, 0.3) is 0 Å². The summed E-state index contributed by atoms with van der Waals surface area (Å²) in [5.74, 6) is 2.82. The zero-order valence-electron chi connectivity index (χ0n) is 33.7. The first-order chi connectivity index (χ1) is 24.0. The zero-order chi connectivity index (χ0) is 37.5. The van der Waals surface area contributed by atoms with E-state index in [1.165, 1.54) is 71.2 Å². The van der Waals surface area contributed by atoms with Crippen LogP contribution in [0.4, 0.5) is 11.4 Å². The molecule has 51 heavy (non-hydrogen) atoms. The predicted molar refractivity (Wildman–Crippen MR) is 223 cm³/mol. The number of nitrogens with zero attached hydrogens (tertiary/aromatic N) is 3. The molecule has 3 nitrogen and oxygen atoms in total. The van der Waals surface area contributed by atoms with Crippen molar-refractivity contribution >= 4 is 29.7 Å². The van der Waals surface area contributed by atoms with Gasteiger partial charge in [-0.05, 0) is 0 Å². The van der Waals surface area contributed by atoms with E-state index in [1.54, 1.807) is 0 Å². The van der Waals surface area contributed by atoms with E-state index in [-0.39, 0.29) is 6.87 Å². The van der Waals surface area contributed by atoms with Crippen LogP contribution in [0.15, 0.2) is 72.8 Å². The fourth-order valence-electron chi connectivity index (χ4n) is 7.43. The molecule has 0 aromatic heterocycles. The number of benzene rings is 4. The summed E-state index contributed by atoms with van der Waals surface area (Å²) in [7, 11) is 6.68. The molecule has 0 unspecified atom stereocenters. The molecule has 6 heteroatoms. The van der Waals surface area contributed by atoms with Crippen LogP contribution in [0.25, 0.3) is 22.3 Å². The SMILES string of the molecule is CC(C)c1cc(C(C)C)c(-c2ccc(N3[B]B(N(C)C)N(c4ccc(-c5c(C(C)C)cc(C(C)C)cc5C(C)C)cc4)[C]3=[Pt])cc2)c(C(C)C)c1. The molecule has 5 rings (SSSR count). The summed E-state index contributed by atoms with van der Waals surface area (Å²) in [4.78, 5) is 7.10. The molecule has 1 radical (unpaired) electrons. The van der Waals surface area contributed by atoms with Crippen molar-refractivity contribution in [1.82, 2.24) is 4.81 Å². The van der Waals surface area contributed by atoms with Gasteiger partial charge in [-0.25, -0.2) is 0 Å². The summed E-state index contributed by atoms with van der Waals surface area (Å²) < 4.78 is 1.17. The Morgan fingerprint density at radius 3 is 1.14 bits per heavy atom. The third kappa shape index (κ3) is 8.06. The van der Waals surface area contributed by atoms with E-state index < -0.39 is 0 Å².